The Morgan fingerprint density at radius 3 is 2.70 bits per heavy atom. The Balaban J connectivity index is 2.13. The van der Waals surface area contributed by atoms with Gasteiger partial charge in [-0.1, -0.05) is 31.5 Å². The van der Waals surface area contributed by atoms with Gasteiger partial charge in [0.2, 0.25) is 0 Å². The van der Waals surface area contributed by atoms with E-state index in [2.05, 4.69) is 5.32 Å². The second kappa shape index (κ2) is 6.05. The first-order valence-electron chi connectivity index (χ1n) is 6.97. The summed E-state index contributed by atoms with van der Waals surface area (Å²) < 4.78 is 0. The number of hydrogen-bond donors (Lipinski definition) is 2. The zero-order valence-corrected chi connectivity index (χ0v) is 12.0. The van der Waals surface area contributed by atoms with Gasteiger partial charge in [-0.2, -0.15) is 0 Å². The van der Waals surface area contributed by atoms with Gasteiger partial charge in [-0.15, -0.1) is 0 Å². The molecule has 1 aromatic carbocycles. The Hall–Kier alpha value is -1.88. The third-order valence-corrected chi connectivity index (χ3v) is 3.66. The summed E-state index contributed by atoms with van der Waals surface area (Å²) in [5.41, 5.74) is 8.67. The van der Waals surface area contributed by atoms with Crippen LogP contribution in [0.4, 0.5) is 4.79 Å². The lowest BCUT2D eigenvalue weighted by atomic mass is 10.0. The number of aryl methyl sites for hydroxylation is 1. The fourth-order valence-electron chi connectivity index (χ4n) is 2.44. The Morgan fingerprint density at radius 1 is 1.35 bits per heavy atom. The molecular formula is C15H21N3O2. The fraction of sp³-hybridized carbons (Fsp3) is 0.467. The number of carbonyl (C=O) groups is 2. The van der Waals surface area contributed by atoms with Crippen molar-refractivity contribution in [1.82, 2.24) is 10.2 Å². The van der Waals surface area contributed by atoms with Gasteiger partial charge in [0.1, 0.15) is 6.04 Å². The fourth-order valence-corrected chi connectivity index (χ4v) is 2.44. The molecule has 1 fully saturated rings. The van der Waals surface area contributed by atoms with Gasteiger partial charge in [0.15, 0.2) is 0 Å². The molecule has 1 aliphatic heterocycles. The number of carbonyl (C=O) groups excluding carboxylic acids is 2. The van der Waals surface area contributed by atoms with Crippen LogP contribution in [0.3, 0.4) is 0 Å². The highest BCUT2D eigenvalue weighted by atomic mass is 16.2. The standard InChI is InChI=1S/C15H21N3O2/c1-3-4-13-14(19)18(15(20)17-13)9-12-6-5-11(8-16)7-10(12)2/h5-7,13H,3-4,8-9,16H2,1-2H3,(H,17,20). The first kappa shape index (κ1) is 14.5. The van der Waals surface area contributed by atoms with E-state index in [0.717, 1.165) is 23.1 Å². The second-order valence-corrected chi connectivity index (χ2v) is 5.18. The third kappa shape index (κ3) is 2.82. The molecule has 5 heteroatoms. The van der Waals surface area contributed by atoms with Crippen LogP contribution in [0.25, 0.3) is 0 Å². The zero-order valence-electron chi connectivity index (χ0n) is 12.0. The van der Waals surface area contributed by atoms with Crippen molar-refractivity contribution in [2.45, 2.75) is 45.8 Å². The maximum Gasteiger partial charge on any atom is 0.325 e. The average Bonchev–Trinajstić information content (AvgIpc) is 2.69. The summed E-state index contributed by atoms with van der Waals surface area (Å²) in [5.74, 6) is -0.126. The van der Waals surface area contributed by atoms with Crippen molar-refractivity contribution < 1.29 is 9.59 Å². The van der Waals surface area contributed by atoms with Gasteiger partial charge in [-0.3, -0.25) is 9.69 Å². The molecule has 2 rings (SSSR count). The van der Waals surface area contributed by atoms with Crippen molar-refractivity contribution in [1.29, 1.82) is 0 Å². The second-order valence-electron chi connectivity index (χ2n) is 5.18. The molecule has 0 radical (unpaired) electrons. The summed E-state index contributed by atoms with van der Waals surface area (Å²) in [6.45, 7) is 4.78. The van der Waals surface area contributed by atoms with Crippen molar-refractivity contribution >= 4 is 11.9 Å². The van der Waals surface area contributed by atoms with Crippen LogP contribution in [0.15, 0.2) is 18.2 Å². The minimum atomic E-state index is -0.365. The zero-order chi connectivity index (χ0) is 14.7. The summed E-state index contributed by atoms with van der Waals surface area (Å²) in [6, 6.07) is 5.21. The van der Waals surface area contributed by atoms with E-state index < -0.39 is 0 Å². The summed E-state index contributed by atoms with van der Waals surface area (Å²) in [5, 5.41) is 2.73. The molecule has 20 heavy (non-hydrogen) atoms. The Kier molecular flexibility index (Phi) is 4.39. The van der Waals surface area contributed by atoms with Crippen molar-refractivity contribution in [2.24, 2.45) is 5.73 Å². The van der Waals surface area contributed by atoms with Crippen molar-refractivity contribution in [2.75, 3.05) is 0 Å². The maximum absolute atomic E-state index is 12.2. The topological polar surface area (TPSA) is 75.4 Å². The Labute approximate surface area is 119 Å². The lowest BCUT2D eigenvalue weighted by Crippen LogP contribution is -2.31. The SMILES string of the molecule is CCCC1NC(=O)N(Cc2ccc(CN)cc2C)C1=O. The highest BCUT2D eigenvalue weighted by Crippen LogP contribution is 2.18. The van der Waals surface area contributed by atoms with Crippen LogP contribution in [0.5, 0.6) is 0 Å². The molecule has 1 aliphatic rings. The van der Waals surface area contributed by atoms with Crippen molar-refractivity contribution in [3.63, 3.8) is 0 Å². The lowest BCUT2D eigenvalue weighted by molar-refractivity contribution is -0.128. The molecule has 3 N–H and O–H groups in total. The van der Waals surface area contributed by atoms with Crippen LogP contribution in [-0.4, -0.2) is 22.9 Å². The Bertz CT molecular complexity index is 528. The predicted molar refractivity (Wildman–Crippen MR) is 76.8 cm³/mol. The molecule has 1 atom stereocenters. The molecule has 1 aromatic rings. The molecule has 0 aromatic heterocycles. The van der Waals surface area contributed by atoms with Gasteiger partial charge < -0.3 is 11.1 Å². The summed E-state index contributed by atoms with van der Waals surface area (Å²) in [6.07, 6.45) is 1.56. The minimum Gasteiger partial charge on any atom is -0.326 e. The van der Waals surface area contributed by atoms with Gasteiger partial charge in [-0.05, 0) is 30.0 Å². The predicted octanol–water partition coefficient (Wildman–Crippen LogP) is 1.67. The van der Waals surface area contributed by atoms with Gasteiger partial charge in [0, 0.05) is 6.54 Å². The monoisotopic (exact) mass is 275 g/mol. The summed E-state index contributed by atoms with van der Waals surface area (Å²) >= 11 is 0. The molecule has 3 amide bonds. The number of nitrogens with one attached hydrogen (secondary N) is 1. The van der Waals surface area contributed by atoms with Gasteiger partial charge in [0.25, 0.3) is 5.91 Å². The number of hydrogen-bond acceptors (Lipinski definition) is 3. The lowest BCUT2D eigenvalue weighted by Gasteiger charge is -2.15. The van der Waals surface area contributed by atoms with E-state index in [0.29, 0.717) is 19.5 Å². The number of benzene rings is 1. The van der Waals surface area contributed by atoms with Crippen LogP contribution < -0.4 is 11.1 Å². The number of rotatable bonds is 5. The number of imide groups is 1. The summed E-state index contributed by atoms with van der Waals surface area (Å²) in [4.78, 5) is 25.3. The van der Waals surface area contributed by atoms with Gasteiger partial charge in [-0.25, -0.2) is 4.79 Å². The Morgan fingerprint density at radius 2 is 2.10 bits per heavy atom. The largest absolute Gasteiger partial charge is 0.326 e. The van der Waals surface area contributed by atoms with Crippen LogP contribution in [0, 0.1) is 6.92 Å². The van der Waals surface area contributed by atoms with E-state index >= 15 is 0 Å². The van der Waals surface area contributed by atoms with Crippen molar-refractivity contribution in [3.05, 3.63) is 34.9 Å². The van der Waals surface area contributed by atoms with Crippen LogP contribution >= 0.6 is 0 Å². The third-order valence-electron chi connectivity index (χ3n) is 3.66. The number of urea groups is 1. The maximum atomic E-state index is 12.2. The highest BCUT2D eigenvalue weighted by Gasteiger charge is 2.37. The summed E-state index contributed by atoms with van der Waals surface area (Å²) in [7, 11) is 0. The van der Waals surface area contributed by atoms with Crippen LogP contribution in [-0.2, 0) is 17.9 Å². The quantitative estimate of drug-likeness (QED) is 0.803. The van der Waals surface area contributed by atoms with Gasteiger partial charge in [0.05, 0.1) is 6.54 Å². The van der Waals surface area contributed by atoms with Crippen molar-refractivity contribution in [3.8, 4) is 0 Å². The van der Waals surface area contributed by atoms with Crippen LogP contribution in [0.1, 0.15) is 36.5 Å². The number of nitrogens with zero attached hydrogens (tertiary/aromatic N) is 1. The molecule has 0 aliphatic carbocycles. The smallest absolute Gasteiger partial charge is 0.325 e. The van der Waals surface area contributed by atoms with Gasteiger partial charge >= 0.3 is 6.03 Å². The molecular weight excluding hydrogens is 254 g/mol. The molecule has 1 unspecified atom stereocenters. The average molecular weight is 275 g/mol. The molecule has 0 spiro atoms. The molecule has 0 bridgehead atoms. The van der Waals surface area contributed by atoms with E-state index in [-0.39, 0.29) is 18.0 Å². The molecule has 1 heterocycles. The highest BCUT2D eigenvalue weighted by molar-refractivity contribution is 6.04. The van der Waals surface area contributed by atoms with E-state index in [4.69, 9.17) is 5.73 Å². The number of amides is 3. The first-order chi connectivity index (χ1) is 9.56. The molecule has 1 saturated heterocycles. The first-order valence-corrected chi connectivity index (χ1v) is 6.97. The molecule has 108 valence electrons. The minimum absolute atomic E-state index is 0.126. The van der Waals surface area contributed by atoms with Crippen LogP contribution in [0.2, 0.25) is 0 Å². The normalized spacial score (nSPS) is 18.6. The molecule has 5 nitrogen and oxygen atoms in total. The van der Waals surface area contributed by atoms with E-state index in [1.54, 1.807) is 0 Å². The molecule has 0 saturated carbocycles. The number of nitrogens with two attached hydrogens (primary N) is 1. The van der Waals surface area contributed by atoms with E-state index in [9.17, 15) is 9.59 Å². The van der Waals surface area contributed by atoms with E-state index in [1.165, 1.54) is 4.90 Å². The van der Waals surface area contributed by atoms with E-state index in [1.807, 2.05) is 32.0 Å².